The third-order valence-corrected chi connectivity index (χ3v) is 9.72. The molecule has 0 N–H and O–H groups in total. The minimum Gasteiger partial charge on any atom is -0.333 e. The first-order valence-electron chi connectivity index (χ1n) is 13.5. The van der Waals surface area contributed by atoms with Crippen molar-refractivity contribution in [2.75, 3.05) is 32.7 Å². The summed E-state index contributed by atoms with van der Waals surface area (Å²) in [5, 5.41) is 1.09. The summed E-state index contributed by atoms with van der Waals surface area (Å²) in [6.45, 7) is 11.5. The maximum absolute atomic E-state index is 13.3. The van der Waals surface area contributed by atoms with Crippen molar-refractivity contribution >= 4 is 53.7 Å². The molecule has 37 heavy (non-hydrogen) atoms. The molecule has 1 spiro atoms. The van der Waals surface area contributed by atoms with Crippen LogP contribution in [0.2, 0.25) is 10.0 Å². The number of benzene rings is 2. The molecule has 6 rings (SSSR count). The Hall–Kier alpha value is -2.40. The summed E-state index contributed by atoms with van der Waals surface area (Å²) in [5.74, 6) is 1.30. The Morgan fingerprint density at radius 1 is 1.16 bits per heavy atom. The number of fused-ring (bicyclic) bond motifs is 3. The number of carbonyl (C=O) groups is 1. The molecular formula is C31H34Cl2N3O+. The highest BCUT2D eigenvalue weighted by atomic mass is 35.5. The lowest BCUT2D eigenvalue weighted by atomic mass is 9.68. The standard InChI is InChI=1S/C31H34Cl2N3O/c1-21-20-35(16-12-31(21)11-7-23-5-3-4-6-26(23)31)13-8-22-9-14-36(15-10-22)30(37)29-19-25-27(33)17-24(32)18-28(25)34(29)2/h3-7,11,17-19,21-22H,2,8-10,12-16,20H2,1H3/q+1. The van der Waals surface area contributed by atoms with Gasteiger partial charge in [-0.1, -0.05) is 66.5 Å². The maximum Gasteiger partial charge on any atom is 0.319 e. The number of allylic oxidation sites excluding steroid dienone is 1. The van der Waals surface area contributed by atoms with Crippen molar-refractivity contribution in [1.29, 1.82) is 0 Å². The van der Waals surface area contributed by atoms with Crippen LogP contribution < -0.4 is 0 Å². The lowest BCUT2D eigenvalue weighted by molar-refractivity contribution is -0.363. The Morgan fingerprint density at radius 3 is 2.73 bits per heavy atom. The Labute approximate surface area is 229 Å². The van der Waals surface area contributed by atoms with Gasteiger partial charge in [-0.05, 0) is 67.8 Å². The van der Waals surface area contributed by atoms with Crippen LogP contribution in [0.3, 0.4) is 0 Å². The van der Waals surface area contributed by atoms with Crippen molar-refractivity contribution in [2.24, 2.45) is 11.8 Å². The van der Waals surface area contributed by atoms with Gasteiger partial charge in [0.05, 0.1) is 10.6 Å². The Balaban J connectivity index is 1.00. The third-order valence-electron chi connectivity index (χ3n) is 9.19. The van der Waals surface area contributed by atoms with Gasteiger partial charge in [-0.2, -0.15) is 4.58 Å². The van der Waals surface area contributed by atoms with E-state index in [0.717, 1.165) is 56.8 Å². The first-order valence-corrected chi connectivity index (χ1v) is 14.2. The minimum absolute atomic E-state index is 0.0249. The Morgan fingerprint density at radius 2 is 1.95 bits per heavy atom. The number of hydrogen-bond acceptors (Lipinski definition) is 2. The average Bonchev–Trinajstić information content (AvgIpc) is 3.44. The average molecular weight is 536 g/mol. The molecule has 192 valence electrons. The molecule has 2 aromatic rings. The number of likely N-dealkylation sites (tertiary alicyclic amines) is 2. The predicted molar refractivity (Wildman–Crippen MR) is 153 cm³/mol. The van der Waals surface area contributed by atoms with Crippen molar-refractivity contribution in [3.05, 3.63) is 74.9 Å². The molecule has 2 fully saturated rings. The predicted octanol–water partition coefficient (Wildman–Crippen LogP) is 6.63. The monoisotopic (exact) mass is 534 g/mol. The van der Waals surface area contributed by atoms with E-state index in [1.54, 1.807) is 10.6 Å². The van der Waals surface area contributed by atoms with Crippen LogP contribution in [0.5, 0.6) is 0 Å². The topological polar surface area (TPSA) is 26.6 Å². The molecule has 1 amide bonds. The van der Waals surface area contributed by atoms with Gasteiger partial charge >= 0.3 is 5.91 Å². The van der Waals surface area contributed by atoms with Crippen LogP contribution >= 0.6 is 23.2 Å². The molecule has 1 aliphatic carbocycles. The number of piperidine rings is 2. The van der Waals surface area contributed by atoms with Gasteiger partial charge in [0.2, 0.25) is 5.69 Å². The van der Waals surface area contributed by atoms with Crippen LogP contribution in [0.15, 0.2) is 48.2 Å². The molecule has 2 saturated heterocycles. The molecule has 6 heteroatoms. The van der Waals surface area contributed by atoms with Gasteiger partial charge in [0.1, 0.15) is 6.72 Å². The van der Waals surface area contributed by atoms with Crippen molar-refractivity contribution in [1.82, 2.24) is 9.80 Å². The molecule has 4 nitrogen and oxygen atoms in total. The Bertz CT molecular complexity index is 1320. The summed E-state index contributed by atoms with van der Waals surface area (Å²) in [6, 6.07) is 12.4. The fraction of sp³-hybridized carbons (Fsp3) is 0.419. The number of amides is 1. The number of hydrogen-bond donors (Lipinski definition) is 0. The van der Waals surface area contributed by atoms with Gasteiger partial charge in [-0.3, -0.25) is 4.79 Å². The number of nitrogens with zero attached hydrogens (tertiary/aromatic N) is 3. The quantitative estimate of drug-likeness (QED) is 0.411. The fourth-order valence-corrected chi connectivity index (χ4v) is 7.42. The highest BCUT2D eigenvalue weighted by Gasteiger charge is 2.43. The van der Waals surface area contributed by atoms with Gasteiger partial charge in [-0.25, -0.2) is 0 Å². The maximum atomic E-state index is 13.3. The second-order valence-corrected chi connectivity index (χ2v) is 12.1. The summed E-state index contributed by atoms with van der Waals surface area (Å²) in [5.41, 5.74) is 5.29. The van der Waals surface area contributed by atoms with E-state index in [-0.39, 0.29) is 11.3 Å². The van der Waals surface area contributed by atoms with E-state index < -0.39 is 0 Å². The zero-order valence-corrected chi connectivity index (χ0v) is 22.9. The molecule has 3 heterocycles. The first kappa shape index (κ1) is 24.9. The van der Waals surface area contributed by atoms with Gasteiger partial charge < -0.3 is 9.80 Å². The van der Waals surface area contributed by atoms with Crippen LogP contribution in [-0.4, -0.2) is 59.7 Å². The lowest BCUT2D eigenvalue weighted by Gasteiger charge is -2.45. The summed E-state index contributed by atoms with van der Waals surface area (Å²) < 4.78 is 1.67. The van der Waals surface area contributed by atoms with Gasteiger partial charge in [-0.15, -0.1) is 0 Å². The third kappa shape index (κ3) is 4.37. The van der Waals surface area contributed by atoms with E-state index in [0.29, 0.717) is 27.6 Å². The number of rotatable bonds is 4. The highest BCUT2D eigenvalue weighted by molar-refractivity contribution is 6.36. The summed E-state index contributed by atoms with van der Waals surface area (Å²) in [6.07, 6.45) is 11.2. The zero-order valence-electron chi connectivity index (χ0n) is 21.4. The number of halogens is 2. The van der Waals surface area contributed by atoms with Crippen LogP contribution in [-0.2, 0) is 10.2 Å². The molecule has 3 aliphatic heterocycles. The second kappa shape index (κ2) is 9.72. The molecule has 2 unspecified atom stereocenters. The SMILES string of the molecule is C=[N+]1C(C(=O)N2CCC(CCN3CCC4(C=Cc5ccccc54)C(C)C3)CC2)=Cc2c(Cl)cc(Cl)cc21. The number of carbonyl (C=O) groups excluding carboxylic acids is 1. The van der Waals surface area contributed by atoms with E-state index in [1.807, 2.05) is 17.0 Å². The molecule has 0 radical (unpaired) electrons. The van der Waals surface area contributed by atoms with E-state index in [2.05, 4.69) is 55.0 Å². The summed E-state index contributed by atoms with van der Waals surface area (Å²) >= 11 is 12.5. The van der Waals surface area contributed by atoms with Gasteiger partial charge in [0.15, 0.2) is 0 Å². The largest absolute Gasteiger partial charge is 0.333 e. The van der Waals surface area contributed by atoms with E-state index in [1.165, 1.54) is 24.0 Å². The fourth-order valence-electron chi connectivity index (χ4n) is 6.89. The lowest BCUT2D eigenvalue weighted by Crippen LogP contribution is -2.48. The van der Waals surface area contributed by atoms with Crippen LogP contribution in [0.4, 0.5) is 5.69 Å². The molecule has 2 aromatic carbocycles. The van der Waals surface area contributed by atoms with Crippen molar-refractivity contribution in [3.8, 4) is 0 Å². The van der Waals surface area contributed by atoms with Crippen LogP contribution in [0.1, 0.15) is 49.3 Å². The van der Waals surface area contributed by atoms with E-state index in [9.17, 15) is 4.79 Å². The summed E-state index contributed by atoms with van der Waals surface area (Å²) in [4.78, 5) is 18.0. The second-order valence-electron chi connectivity index (χ2n) is 11.2. The molecule has 0 saturated carbocycles. The first-order chi connectivity index (χ1) is 17.9. The van der Waals surface area contributed by atoms with E-state index >= 15 is 0 Å². The van der Waals surface area contributed by atoms with E-state index in [4.69, 9.17) is 23.2 Å². The zero-order chi connectivity index (χ0) is 25.7. The molecule has 0 aromatic heterocycles. The highest BCUT2D eigenvalue weighted by Crippen LogP contribution is 2.47. The summed E-state index contributed by atoms with van der Waals surface area (Å²) in [7, 11) is 0. The van der Waals surface area contributed by atoms with Gasteiger partial charge in [0, 0.05) is 42.2 Å². The van der Waals surface area contributed by atoms with Gasteiger partial charge in [0.25, 0.3) is 5.70 Å². The van der Waals surface area contributed by atoms with Crippen molar-refractivity contribution in [3.63, 3.8) is 0 Å². The minimum atomic E-state index is 0.0249. The van der Waals surface area contributed by atoms with Crippen molar-refractivity contribution < 1.29 is 9.37 Å². The molecule has 2 atom stereocenters. The van der Waals surface area contributed by atoms with Crippen LogP contribution in [0, 0.1) is 11.8 Å². The Kier molecular flexibility index (Phi) is 6.55. The normalized spacial score (nSPS) is 25.5. The van der Waals surface area contributed by atoms with Crippen molar-refractivity contribution in [2.45, 2.75) is 38.0 Å². The molecule has 4 aliphatic rings. The molecular weight excluding hydrogens is 501 g/mol. The van der Waals surface area contributed by atoms with Crippen LogP contribution in [0.25, 0.3) is 12.2 Å². The molecule has 0 bridgehead atoms. The smallest absolute Gasteiger partial charge is 0.319 e.